The fourth-order valence-corrected chi connectivity index (χ4v) is 2.53. The van der Waals surface area contributed by atoms with Gasteiger partial charge in [0.15, 0.2) is 0 Å². The molecule has 0 fully saturated rings. The highest BCUT2D eigenvalue weighted by Gasteiger charge is 2.13. The summed E-state index contributed by atoms with van der Waals surface area (Å²) in [6.07, 6.45) is 2.93. The summed E-state index contributed by atoms with van der Waals surface area (Å²) >= 11 is 0. The maximum atomic E-state index is 5.73. The number of imidazole rings is 1. The van der Waals surface area contributed by atoms with Gasteiger partial charge in [-0.05, 0) is 32.0 Å². The van der Waals surface area contributed by atoms with Crippen molar-refractivity contribution < 1.29 is 0 Å². The number of aryl methyl sites for hydroxylation is 2. The molecule has 0 bridgehead atoms. The SMILES string of the molecule is Cc1ccc(-c2c(CCN)nc3ccc(C)cn23)cc1. The third-order valence-corrected chi connectivity index (χ3v) is 3.54. The Morgan fingerprint density at radius 1 is 1.00 bits per heavy atom. The van der Waals surface area contributed by atoms with E-state index in [-0.39, 0.29) is 0 Å². The minimum Gasteiger partial charge on any atom is -0.330 e. The van der Waals surface area contributed by atoms with Crippen LogP contribution in [0.2, 0.25) is 0 Å². The summed E-state index contributed by atoms with van der Waals surface area (Å²) in [6.45, 7) is 4.81. The molecule has 0 atom stereocenters. The van der Waals surface area contributed by atoms with Gasteiger partial charge in [-0.2, -0.15) is 0 Å². The van der Waals surface area contributed by atoms with Crippen molar-refractivity contribution in [3.63, 3.8) is 0 Å². The van der Waals surface area contributed by atoms with Crippen molar-refractivity contribution in [2.45, 2.75) is 20.3 Å². The molecule has 102 valence electrons. The fraction of sp³-hybridized carbons (Fsp3) is 0.235. The summed E-state index contributed by atoms with van der Waals surface area (Å²) in [5.74, 6) is 0. The Balaban J connectivity index is 2.27. The molecule has 0 aliphatic carbocycles. The van der Waals surface area contributed by atoms with Gasteiger partial charge in [0.1, 0.15) is 5.65 Å². The number of rotatable bonds is 3. The third-order valence-electron chi connectivity index (χ3n) is 3.54. The predicted octanol–water partition coefficient (Wildman–Crippen LogP) is 3.12. The molecule has 1 aromatic carbocycles. The standard InChI is InChI=1S/C17H19N3/c1-12-3-6-14(7-4-12)17-15(9-10-18)19-16-8-5-13(2)11-20(16)17/h3-8,11H,9-10,18H2,1-2H3. The molecular weight excluding hydrogens is 246 g/mol. The first-order valence-corrected chi connectivity index (χ1v) is 6.94. The number of hydrogen-bond acceptors (Lipinski definition) is 2. The number of nitrogens with zero attached hydrogens (tertiary/aromatic N) is 2. The molecule has 2 aromatic heterocycles. The Labute approximate surface area is 119 Å². The van der Waals surface area contributed by atoms with Crippen LogP contribution in [0.5, 0.6) is 0 Å². The molecule has 2 N–H and O–H groups in total. The Morgan fingerprint density at radius 3 is 2.40 bits per heavy atom. The fourth-order valence-electron chi connectivity index (χ4n) is 2.53. The van der Waals surface area contributed by atoms with Gasteiger partial charge in [-0.25, -0.2) is 4.98 Å². The number of fused-ring (bicyclic) bond motifs is 1. The van der Waals surface area contributed by atoms with Crippen LogP contribution < -0.4 is 5.73 Å². The molecule has 3 aromatic rings. The van der Waals surface area contributed by atoms with Gasteiger partial charge >= 0.3 is 0 Å². The van der Waals surface area contributed by atoms with Gasteiger partial charge in [0.2, 0.25) is 0 Å². The quantitative estimate of drug-likeness (QED) is 0.790. The van der Waals surface area contributed by atoms with Gasteiger partial charge < -0.3 is 5.73 Å². The van der Waals surface area contributed by atoms with E-state index in [4.69, 9.17) is 10.7 Å². The molecule has 2 heterocycles. The van der Waals surface area contributed by atoms with E-state index in [1.807, 2.05) is 0 Å². The number of benzene rings is 1. The average Bonchev–Trinajstić information content (AvgIpc) is 2.78. The van der Waals surface area contributed by atoms with Crippen molar-refractivity contribution in [1.29, 1.82) is 0 Å². The molecule has 0 saturated heterocycles. The van der Waals surface area contributed by atoms with Crippen LogP contribution in [0, 0.1) is 13.8 Å². The smallest absolute Gasteiger partial charge is 0.137 e. The van der Waals surface area contributed by atoms with Crippen LogP contribution in [0.3, 0.4) is 0 Å². The zero-order valence-corrected chi connectivity index (χ0v) is 11.9. The molecule has 20 heavy (non-hydrogen) atoms. The minimum absolute atomic E-state index is 0.613. The summed E-state index contributed by atoms with van der Waals surface area (Å²) in [4.78, 5) is 4.73. The highest BCUT2D eigenvalue weighted by molar-refractivity contribution is 5.68. The number of hydrogen-bond donors (Lipinski definition) is 1. The topological polar surface area (TPSA) is 43.3 Å². The van der Waals surface area contributed by atoms with Gasteiger partial charge in [0.25, 0.3) is 0 Å². The lowest BCUT2D eigenvalue weighted by Crippen LogP contribution is -2.04. The Bertz CT molecular complexity index is 739. The molecule has 0 radical (unpaired) electrons. The molecule has 3 nitrogen and oxygen atoms in total. The van der Waals surface area contributed by atoms with Gasteiger partial charge in [-0.3, -0.25) is 4.40 Å². The van der Waals surface area contributed by atoms with E-state index in [0.717, 1.165) is 23.5 Å². The van der Waals surface area contributed by atoms with Gasteiger partial charge in [0, 0.05) is 18.2 Å². The Hall–Kier alpha value is -2.13. The van der Waals surface area contributed by atoms with Crippen LogP contribution in [0.15, 0.2) is 42.6 Å². The van der Waals surface area contributed by atoms with Crippen molar-refractivity contribution in [3.05, 3.63) is 59.4 Å². The van der Waals surface area contributed by atoms with Crippen LogP contribution in [-0.4, -0.2) is 15.9 Å². The van der Waals surface area contributed by atoms with Crippen molar-refractivity contribution >= 4 is 5.65 Å². The second kappa shape index (κ2) is 5.10. The lowest BCUT2D eigenvalue weighted by Gasteiger charge is -2.06. The average molecular weight is 265 g/mol. The van der Waals surface area contributed by atoms with Crippen LogP contribution in [0.4, 0.5) is 0 Å². The zero-order valence-electron chi connectivity index (χ0n) is 11.9. The van der Waals surface area contributed by atoms with E-state index in [9.17, 15) is 0 Å². The molecular formula is C17H19N3. The maximum absolute atomic E-state index is 5.73. The number of pyridine rings is 1. The summed E-state index contributed by atoms with van der Waals surface area (Å²) in [5, 5.41) is 0. The van der Waals surface area contributed by atoms with E-state index in [0.29, 0.717) is 6.54 Å². The lowest BCUT2D eigenvalue weighted by molar-refractivity contribution is 0.939. The van der Waals surface area contributed by atoms with Crippen LogP contribution in [0.1, 0.15) is 16.8 Å². The van der Waals surface area contributed by atoms with Gasteiger partial charge in [-0.15, -0.1) is 0 Å². The highest BCUT2D eigenvalue weighted by atomic mass is 15.0. The molecule has 3 rings (SSSR count). The van der Waals surface area contributed by atoms with E-state index in [1.54, 1.807) is 0 Å². The first kappa shape index (κ1) is 12.9. The summed E-state index contributed by atoms with van der Waals surface area (Å²) < 4.78 is 2.17. The van der Waals surface area contributed by atoms with Crippen LogP contribution in [0.25, 0.3) is 16.9 Å². The van der Waals surface area contributed by atoms with Crippen molar-refractivity contribution in [1.82, 2.24) is 9.38 Å². The second-order valence-electron chi connectivity index (χ2n) is 5.25. The molecule has 3 heteroatoms. The first-order valence-electron chi connectivity index (χ1n) is 6.94. The largest absolute Gasteiger partial charge is 0.330 e. The van der Waals surface area contributed by atoms with Crippen LogP contribution in [-0.2, 0) is 6.42 Å². The molecule has 0 aliphatic heterocycles. The van der Waals surface area contributed by atoms with E-state index < -0.39 is 0 Å². The molecule has 0 unspecified atom stereocenters. The predicted molar refractivity (Wildman–Crippen MR) is 82.9 cm³/mol. The molecule has 0 amide bonds. The van der Waals surface area contributed by atoms with E-state index >= 15 is 0 Å². The van der Waals surface area contributed by atoms with Crippen LogP contribution >= 0.6 is 0 Å². The zero-order chi connectivity index (χ0) is 14.1. The van der Waals surface area contributed by atoms with Gasteiger partial charge in [-0.1, -0.05) is 35.9 Å². The first-order chi connectivity index (χ1) is 9.69. The number of aromatic nitrogens is 2. The summed E-state index contributed by atoms with van der Waals surface area (Å²) in [5.41, 5.74) is 12.6. The highest BCUT2D eigenvalue weighted by Crippen LogP contribution is 2.26. The van der Waals surface area contributed by atoms with E-state index in [1.165, 1.54) is 16.7 Å². The molecule has 0 aliphatic rings. The van der Waals surface area contributed by atoms with Crippen molar-refractivity contribution in [2.24, 2.45) is 5.73 Å². The lowest BCUT2D eigenvalue weighted by atomic mass is 10.1. The normalized spacial score (nSPS) is 11.2. The van der Waals surface area contributed by atoms with Crippen molar-refractivity contribution in [3.8, 4) is 11.3 Å². The summed E-state index contributed by atoms with van der Waals surface area (Å²) in [7, 11) is 0. The van der Waals surface area contributed by atoms with E-state index in [2.05, 4.69) is 60.8 Å². The number of nitrogens with two attached hydrogens (primary N) is 1. The monoisotopic (exact) mass is 265 g/mol. The molecule has 0 saturated carbocycles. The Morgan fingerprint density at radius 2 is 1.70 bits per heavy atom. The minimum atomic E-state index is 0.613. The maximum Gasteiger partial charge on any atom is 0.137 e. The molecule has 0 spiro atoms. The second-order valence-corrected chi connectivity index (χ2v) is 5.25. The summed E-state index contributed by atoms with van der Waals surface area (Å²) in [6, 6.07) is 12.7. The van der Waals surface area contributed by atoms with Gasteiger partial charge in [0.05, 0.1) is 11.4 Å². The van der Waals surface area contributed by atoms with Crippen molar-refractivity contribution in [2.75, 3.05) is 6.54 Å². The third kappa shape index (κ3) is 2.21. The Kier molecular flexibility index (Phi) is 3.28.